The van der Waals surface area contributed by atoms with Crippen LogP contribution in [0.1, 0.15) is 43.4 Å². The molecule has 1 aromatic rings. The Morgan fingerprint density at radius 3 is 2.52 bits per heavy atom. The average molecular weight is 347 g/mol. The molecule has 0 aromatic heterocycles. The third-order valence-corrected chi connectivity index (χ3v) is 5.06. The fourth-order valence-corrected chi connectivity index (χ4v) is 3.17. The normalized spacial score (nSPS) is 19.3. The van der Waals surface area contributed by atoms with Crippen LogP contribution >= 0.6 is 0 Å². The molecule has 0 spiro atoms. The molecule has 1 aliphatic heterocycles. The Hall–Kier alpha value is -2.11. The van der Waals surface area contributed by atoms with Crippen molar-refractivity contribution in [2.75, 3.05) is 26.2 Å². The summed E-state index contributed by atoms with van der Waals surface area (Å²) in [6.45, 7) is 6.06. The predicted molar refractivity (Wildman–Crippen MR) is 93.6 cm³/mol. The van der Waals surface area contributed by atoms with E-state index in [0.717, 1.165) is 31.4 Å². The summed E-state index contributed by atoms with van der Waals surface area (Å²) in [5, 5.41) is 2.94. The van der Waals surface area contributed by atoms with E-state index in [-0.39, 0.29) is 29.7 Å². The summed E-state index contributed by atoms with van der Waals surface area (Å²) in [6.07, 6.45) is 2.80. The highest BCUT2D eigenvalue weighted by atomic mass is 19.1. The van der Waals surface area contributed by atoms with E-state index in [2.05, 4.69) is 5.32 Å². The van der Waals surface area contributed by atoms with E-state index >= 15 is 0 Å². The Balaban J connectivity index is 1.55. The van der Waals surface area contributed by atoms with Gasteiger partial charge < -0.3 is 15.1 Å². The third kappa shape index (κ3) is 4.30. The summed E-state index contributed by atoms with van der Waals surface area (Å²) in [5.41, 5.74) is 1.34. The molecule has 3 amide bonds. The first-order valence-electron chi connectivity index (χ1n) is 9.06. The number of carbonyl (C=O) groups is 2. The number of benzene rings is 1. The minimum Gasteiger partial charge on any atom is -0.341 e. The van der Waals surface area contributed by atoms with Crippen molar-refractivity contribution >= 4 is 11.9 Å². The first kappa shape index (κ1) is 17.7. The lowest BCUT2D eigenvalue weighted by Gasteiger charge is -2.24. The summed E-state index contributed by atoms with van der Waals surface area (Å²) < 4.78 is 13.7. The van der Waals surface area contributed by atoms with Gasteiger partial charge in [-0.25, -0.2) is 9.18 Å². The fourth-order valence-electron chi connectivity index (χ4n) is 3.17. The highest BCUT2D eigenvalue weighted by Crippen LogP contribution is 2.31. The summed E-state index contributed by atoms with van der Waals surface area (Å²) in [5.74, 6) is 0.199. The van der Waals surface area contributed by atoms with Gasteiger partial charge >= 0.3 is 6.03 Å². The number of nitrogens with zero attached hydrogens (tertiary/aromatic N) is 2. The molecular formula is C19H26FN3O2. The summed E-state index contributed by atoms with van der Waals surface area (Å²) in [4.78, 5) is 28.4. The molecule has 3 rings (SSSR count). The molecule has 136 valence electrons. The molecule has 1 aromatic carbocycles. The topological polar surface area (TPSA) is 52.7 Å². The van der Waals surface area contributed by atoms with Gasteiger partial charge in [0.05, 0.1) is 6.04 Å². The lowest BCUT2D eigenvalue weighted by molar-refractivity contribution is -0.132. The molecule has 1 aliphatic carbocycles. The Bertz CT molecular complexity index is 660. The standard InChI is InChI=1S/C19H26FN3O2/c1-13-4-5-16(12-17(13)20)14(2)21-19(25)23-9-3-8-22(10-11-23)18(24)15-6-7-15/h4-5,12,14-15H,3,6-11H2,1-2H3,(H,21,25)/t14-/m0/s1. The molecule has 0 bridgehead atoms. The molecule has 2 aliphatic rings. The monoisotopic (exact) mass is 347 g/mol. The Morgan fingerprint density at radius 1 is 1.16 bits per heavy atom. The first-order chi connectivity index (χ1) is 12.0. The van der Waals surface area contributed by atoms with Crippen molar-refractivity contribution in [1.82, 2.24) is 15.1 Å². The van der Waals surface area contributed by atoms with Gasteiger partial charge in [0.15, 0.2) is 0 Å². The number of rotatable bonds is 3. The summed E-state index contributed by atoms with van der Waals surface area (Å²) >= 11 is 0. The van der Waals surface area contributed by atoms with E-state index in [1.54, 1.807) is 17.9 Å². The quantitative estimate of drug-likeness (QED) is 0.914. The van der Waals surface area contributed by atoms with Gasteiger partial charge in [-0.3, -0.25) is 4.79 Å². The zero-order valence-corrected chi connectivity index (χ0v) is 14.9. The van der Waals surface area contributed by atoms with Crippen molar-refractivity contribution in [2.45, 2.75) is 39.2 Å². The highest BCUT2D eigenvalue weighted by Gasteiger charge is 2.34. The Morgan fingerprint density at radius 2 is 1.84 bits per heavy atom. The van der Waals surface area contributed by atoms with E-state index < -0.39 is 0 Å². The minimum absolute atomic E-state index is 0.158. The van der Waals surface area contributed by atoms with Gasteiger partial charge in [-0.15, -0.1) is 0 Å². The van der Waals surface area contributed by atoms with Crippen LogP contribution in [0.2, 0.25) is 0 Å². The molecule has 0 unspecified atom stereocenters. The number of carbonyl (C=O) groups excluding carboxylic acids is 2. The van der Waals surface area contributed by atoms with Crippen LogP contribution in [0, 0.1) is 18.7 Å². The molecular weight excluding hydrogens is 321 g/mol. The summed E-state index contributed by atoms with van der Waals surface area (Å²) in [7, 11) is 0. The van der Waals surface area contributed by atoms with Gasteiger partial charge in [-0.2, -0.15) is 0 Å². The fraction of sp³-hybridized carbons (Fsp3) is 0.579. The minimum atomic E-state index is -0.268. The van der Waals surface area contributed by atoms with Gasteiger partial charge in [0.1, 0.15) is 5.82 Å². The van der Waals surface area contributed by atoms with Gasteiger partial charge in [0.25, 0.3) is 0 Å². The largest absolute Gasteiger partial charge is 0.341 e. The number of amides is 3. The van der Waals surface area contributed by atoms with Crippen molar-refractivity contribution in [3.8, 4) is 0 Å². The molecule has 1 atom stereocenters. The Kier molecular flexibility index (Phi) is 5.25. The summed E-state index contributed by atoms with van der Waals surface area (Å²) in [6, 6.07) is 4.60. The van der Waals surface area contributed by atoms with Crippen LogP contribution in [0.4, 0.5) is 9.18 Å². The second kappa shape index (κ2) is 7.42. The second-order valence-electron chi connectivity index (χ2n) is 7.12. The smallest absolute Gasteiger partial charge is 0.317 e. The van der Waals surface area contributed by atoms with Crippen molar-refractivity contribution in [3.63, 3.8) is 0 Å². The second-order valence-corrected chi connectivity index (χ2v) is 7.12. The molecule has 1 heterocycles. The van der Waals surface area contributed by atoms with Crippen molar-refractivity contribution in [3.05, 3.63) is 35.1 Å². The number of urea groups is 1. The van der Waals surface area contributed by atoms with Crippen LogP contribution in [0.5, 0.6) is 0 Å². The average Bonchev–Trinajstić information content (AvgIpc) is 3.43. The molecule has 6 heteroatoms. The number of hydrogen-bond acceptors (Lipinski definition) is 2. The molecule has 1 saturated heterocycles. The molecule has 1 N–H and O–H groups in total. The number of halogens is 1. The van der Waals surface area contributed by atoms with E-state index in [9.17, 15) is 14.0 Å². The SMILES string of the molecule is Cc1ccc([C@H](C)NC(=O)N2CCCN(C(=O)C3CC3)CC2)cc1F. The lowest BCUT2D eigenvalue weighted by Crippen LogP contribution is -2.43. The molecule has 2 fully saturated rings. The highest BCUT2D eigenvalue weighted by molar-refractivity contribution is 5.81. The first-order valence-corrected chi connectivity index (χ1v) is 9.06. The van der Waals surface area contributed by atoms with Crippen molar-refractivity contribution in [1.29, 1.82) is 0 Å². The van der Waals surface area contributed by atoms with Crippen LogP contribution in [-0.2, 0) is 4.79 Å². The van der Waals surface area contributed by atoms with Crippen molar-refractivity contribution < 1.29 is 14.0 Å². The maximum atomic E-state index is 13.7. The van der Waals surface area contributed by atoms with Crippen LogP contribution in [0.25, 0.3) is 0 Å². The van der Waals surface area contributed by atoms with Crippen LogP contribution in [0.15, 0.2) is 18.2 Å². The van der Waals surface area contributed by atoms with E-state index in [0.29, 0.717) is 25.2 Å². The van der Waals surface area contributed by atoms with E-state index in [4.69, 9.17) is 0 Å². The Labute approximate surface area is 148 Å². The number of hydrogen-bond donors (Lipinski definition) is 1. The molecule has 1 saturated carbocycles. The number of nitrogens with one attached hydrogen (secondary N) is 1. The van der Waals surface area contributed by atoms with Crippen LogP contribution < -0.4 is 5.32 Å². The zero-order chi connectivity index (χ0) is 18.0. The van der Waals surface area contributed by atoms with Crippen LogP contribution in [0.3, 0.4) is 0 Å². The van der Waals surface area contributed by atoms with Gasteiger partial charge in [0, 0.05) is 32.1 Å². The predicted octanol–water partition coefficient (Wildman–Crippen LogP) is 2.85. The van der Waals surface area contributed by atoms with Gasteiger partial charge in [0.2, 0.25) is 5.91 Å². The maximum absolute atomic E-state index is 13.7. The zero-order valence-electron chi connectivity index (χ0n) is 14.9. The van der Waals surface area contributed by atoms with Crippen molar-refractivity contribution in [2.24, 2.45) is 5.92 Å². The molecule has 25 heavy (non-hydrogen) atoms. The van der Waals surface area contributed by atoms with Gasteiger partial charge in [-0.1, -0.05) is 12.1 Å². The maximum Gasteiger partial charge on any atom is 0.317 e. The number of aryl methyl sites for hydroxylation is 1. The van der Waals surface area contributed by atoms with Gasteiger partial charge in [-0.05, 0) is 50.3 Å². The lowest BCUT2D eigenvalue weighted by atomic mass is 10.1. The van der Waals surface area contributed by atoms with Crippen LogP contribution in [-0.4, -0.2) is 47.9 Å². The molecule has 0 radical (unpaired) electrons. The third-order valence-electron chi connectivity index (χ3n) is 5.06. The van der Waals surface area contributed by atoms with E-state index in [1.165, 1.54) is 6.07 Å². The van der Waals surface area contributed by atoms with E-state index in [1.807, 2.05) is 17.9 Å². The molecule has 5 nitrogen and oxygen atoms in total.